The monoisotopic (exact) mass is 419 g/mol. The number of amides is 2. The predicted octanol–water partition coefficient (Wildman–Crippen LogP) is 3.32. The molecule has 2 aromatic carbocycles. The number of rotatable bonds is 6. The second kappa shape index (κ2) is 8.84. The van der Waals surface area contributed by atoms with Gasteiger partial charge in [0.1, 0.15) is 11.4 Å². The van der Waals surface area contributed by atoms with E-state index in [-0.39, 0.29) is 11.8 Å². The normalized spacial score (nSPS) is 17.1. The van der Waals surface area contributed by atoms with Gasteiger partial charge in [-0.25, -0.2) is 0 Å². The van der Waals surface area contributed by atoms with E-state index in [1.807, 2.05) is 38.1 Å². The molecule has 0 unspecified atom stereocenters. The number of hydrogen-bond acceptors (Lipinski definition) is 5. The van der Waals surface area contributed by atoms with Crippen LogP contribution in [0.25, 0.3) is 5.57 Å². The van der Waals surface area contributed by atoms with Crippen LogP contribution in [-0.2, 0) is 9.59 Å². The van der Waals surface area contributed by atoms with Gasteiger partial charge in [0.05, 0.1) is 12.2 Å². The van der Waals surface area contributed by atoms with Gasteiger partial charge < -0.3 is 14.5 Å². The average Bonchev–Trinajstić information content (AvgIpc) is 3.04. The number of anilines is 1. The fourth-order valence-electron chi connectivity index (χ4n) is 4.30. The highest BCUT2D eigenvalue weighted by Crippen LogP contribution is 2.33. The van der Waals surface area contributed by atoms with Crippen LogP contribution in [0, 0.1) is 6.92 Å². The third-order valence-electron chi connectivity index (χ3n) is 5.88. The molecule has 2 heterocycles. The lowest BCUT2D eigenvalue weighted by Gasteiger charge is -2.37. The van der Waals surface area contributed by atoms with E-state index in [4.69, 9.17) is 4.74 Å². The minimum atomic E-state index is -0.215. The van der Waals surface area contributed by atoms with Crippen LogP contribution in [0.3, 0.4) is 0 Å². The maximum atomic E-state index is 13.2. The van der Waals surface area contributed by atoms with Crippen molar-refractivity contribution < 1.29 is 14.3 Å². The first-order valence-electron chi connectivity index (χ1n) is 10.9. The number of ether oxygens (including phenoxy) is 1. The standard InChI is InChI=1S/C25H29N3O3/c1-4-28-24(29)22(19-9-11-21(12-10-19)31-5-2)23(25(28)30)27-15-13-26(14-16-27)20-8-6-7-18(3)17-20/h6-12,17H,4-5,13-16H2,1-3H3. The predicted molar refractivity (Wildman–Crippen MR) is 122 cm³/mol. The summed E-state index contributed by atoms with van der Waals surface area (Å²) in [5, 5.41) is 0. The Hall–Kier alpha value is -3.28. The van der Waals surface area contributed by atoms with E-state index in [1.165, 1.54) is 16.2 Å². The zero-order valence-electron chi connectivity index (χ0n) is 18.4. The smallest absolute Gasteiger partial charge is 0.277 e. The summed E-state index contributed by atoms with van der Waals surface area (Å²) in [5.74, 6) is 0.345. The quantitative estimate of drug-likeness (QED) is 0.673. The lowest BCUT2D eigenvalue weighted by atomic mass is 10.0. The highest BCUT2D eigenvalue weighted by atomic mass is 16.5. The van der Waals surface area contributed by atoms with Crippen LogP contribution in [0.15, 0.2) is 54.2 Å². The zero-order valence-corrected chi connectivity index (χ0v) is 18.4. The molecule has 0 N–H and O–H groups in total. The highest BCUT2D eigenvalue weighted by Gasteiger charge is 2.41. The van der Waals surface area contributed by atoms with Gasteiger partial charge in [0, 0.05) is 38.4 Å². The third kappa shape index (κ3) is 4.02. The van der Waals surface area contributed by atoms with E-state index >= 15 is 0 Å². The molecule has 162 valence electrons. The number of likely N-dealkylation sites (N-methyl/N-ethyl adjacent to an activating group) is 1. The van der Waals surface area contributed by atoms with Gasteiger partial charge in [-0.1, -0.05) is 24.3 Å². The Morgan fingerprint density at radius 3 is 2.16 bits per heavy atom. The molecular formula is C25H29N3O3. The molecule has 2 aromatic rings. The fourth-order valence-corrected chi connectivity index (χ4v) is 4.30. The van der Waals surface area contributed by atoms with E-state index in [0.29, 0.717) is 37.5 Å². The molecule has 0 bridgehead atoms. The van der Waals surface area contributed by atoms with Crippen molar-refractivity contribution in [2.24, 2.45) is 0 Å². The fraction of sp³-hybridized carbons (Fsp3) is 0.360. The van der Waals surface area contributed by atoms with Gasteiger partial charge in [0.15, 0.2) is 0 Å². The first kappa shape index (κ1) is 21.0. The van der Waals surface area contributed by atoms with Gasteiger partial charge in [-0.05, 0) is 56.2 Å². The molecule has 0 aliphatic carbocycles. The molecule has 1 fully saturated rings. The molecule has 2 amide bonds. The zero-order chi connectivity index (χ0) is 22.0. The molecule has 4 rings (SSSR count). The topological polar surface area (TPSA) is 53.1 Å². The van der Waals surface area contributed by atoms with Crippen LogP contribution in [-0.4, -0.2) is 60.9 Å². The Morgan fingerprint density at radius 1 is 0.871 bits per heavy atom. The minimum Gasteiger partial charge on any atom is -0.494 e. The molecule has 0 aromatic heterocycles. The Balaban J connectivity index is 1.61. The number of benzene rings is 2. The van der Waals surface area contributed by atoms with Crippen molar-refractivity contribution in [3.05, 3.63) is 65.4 Å². The van der Waals surface area contributed by atoms with Gasteiger partial charge in [-0.2, -0.15) is 0 Å². The lowest BCUT2D eigenvalue weighted by molar-refractivity contribution is -0.137. The highest BCUT2D eigenvalue weighted by molar-refractivity contribution is 6.35. The lowest BCUT2D eigenvalue weighted by Crippen LogP contribution is -2.47. The summed E-state index contributed by atoms with van der Waals surface area (Å²) < 4.78 is 5.52. The van der Waals surface area contributed by atoms with Crippen LogP contribution in [0.2, 0.25) is 0 Å². The second-order valence-electron chi connectivity index (χ2n) is 7.85. The molecule has 2 aliphatic heterocycles. The molecule has 1 saturated heterocycles. The van der Waals surface area contributed by atoms with Crippen LogP contribution in [0.1, 0.15) is 25.0 Å². The van der Waals surface area contributed by atoms with Crippen molar-refractivity contribution >= 4 is 23.1 Å². The molecule has 6 nitrogen and oxygen atoms in total. The van der Waals surface area contributed by atoms with Crippen molar-refractivity contribution in [2.75, 3.05) is 44.2 Å². The Morgan fingerprint density at radius 2 is 1.55 bits per heavy atom. The number of carbonyl (C=O) groups excluding carboxylic acids is 2. The summed E-state index contributed by atoms with van der Waals surface area (Å²) in [6.07, 6.45) is 0. The second-order valence-corrected chi connectivity index (χ2v) is 7.85. The van der Waals surface area contributed by atoms with Crippen molar-refractivity contribution in [2.45, 2.75) is 20.8 Å². The van der Waals surface area contributed by atoms with Gasteiger partial charge in [-0.15, -0.1) is 0 Å². The van der Waals surface area contributed by atoms with E-state index < -0.39 is 0 Å². The number of carbonyl (C=O) groups is 2. The Labute approximate surface area is 183 Å². The molecular weight excluding hydrogens is 390 g/mol. The third-order valence-corrected chi connectivity index (χ3v) is 5.88. The van der Waals surface area contributed by atoms with Crippen molar-refractivity contribution in [1.29, 1.82) is 0 Å². The summed E-state index contributed by atoms with van der Waals surface area (Å²) in [6.45, 7) is 9.81. The molecule has 0 saturated carbocycles. The van der Waals surface area contributed by atoms with Crippen LogP contribution >= 0.6 is 0 Å². The number of nitrogens with zero attached hydrogens (tertiary/aromatic N) is 3. The molecule has 6 heteroatoms. The maximum absolute atomic E-state index is 13.2. The molecule has 0 atom stereocenters. The summed E-state index contributed by atoms with van der Waals surface area (Å²) in [6, 6.07) is 15.9. The van der Waals surface area contributed by atoms with Crippen LogP contribution < -0.4 is 9.64 Å². The van der Waals surface area contributed by atoms with E-state index in [0.717, 1.165) is 24.4 Å². The summed E-state index contributed by atoms with van der Waals surface area (Å²) in [7, 11) is 0. The largest absolute Gasteiger partial charge is 0.494 e. The van der Waals surface area contributed by atoms with Crippen molar-refractivity contribution in [1.82, 2.24) is 9.80 Å². The van der Waals surface area contributed by atoms with E-state index in [9.17, 15) is 9.59 Å². The number of hydrogen-bond donors (Lipinski definition) is 0. The minimum absolute atomic E-state index is 0.194. The van der Waals surface area contributed by atoms with Gasteiger partial charge >= 0.3 is 0 Å². The summed E-state index contributed by atoms with van der Waals surface area (Å²) in [4.78, 5) is 32.0. The van der Waals surface area contributed by atoms with Crippen molar-refractivity contribution in [3.63, 3.8) is 0 Å². The van der Waals surface area contributed by atoms with E-state index in [2.05, 4.69) is 41.0 Å². The maximum Gasteiger partial charge on any atom is 0.277 e. The van der Waals surface area contributed by atoms with Gasteiger partial charge in [0.2, 0.25) is 0 Å². The van der Waals surface area contributed by atoms with Gasteiger partial charge in [0.25, 0.3) is 11.8 Å². The molecule has 31 heavy (non-hydrogen) atoms. The SMILES string of the molecule is CCOc1ccc(C2=C(N3CCN(c4cccc(C)c4)CC3)C(=O)N(CC)C2=O)cc1. The number of imide groups is 1. The van der Waals surface area contributed by atoms with Crippen LogP contribution in [0.5, 0.6) is 5.75 Å². The van der Waals surface area contributed by atoms with Gasteiger partial charge in [-0.3, -0.25) is 14.5 Å². The average molecular weight is 420 g/mol. The summed E-state index contributed by atoms with van der Waals surface area (Å²) in [5.41, 5.74) is 4.22. The van der Waals surface area contributed by atoms with E-state index in [1.54, 1.807) is 0 Å². The summed E-state index contributed by atoms with van der Waals surface area (Å²) >= 11 is 0. The van der Waals surface area contributed by atoms with Crippen molar-refractivity contribution in [3.8, 4) is 5.75 Å². The number of aryl methyl sites for hydroxylation is 1. The molecule has 0 radical (unpaired) electrons. The number of piperazine rings is 1. The first-order valence-corrected chi connectivity index (χ1v) is 10.9. The van der Waals surface area contributed by atoms with Crippen LogP contribution in [0.4, 0.5) is 5.69 Å². The molecule has 2 aliphatic rings. The Bertz CT molecular complexity index is 1000. The first-order chi connectivity index (χ1) is 15.0. The molecule has 0 spiro atoms. The Kier molecular flexibility index (Phi) is 5.98.